The fourth-order valence-electron chi connectivity index (χ4n) is 3.69. The third kappa shape index (κ3) is 4.42. The number of hydrogen-bond acceptors (Lipinski definition) is 5. The summed E-state index contributed by atoms with van der Waals surface area (Å²) in [4.78, 5) is 15.1. The molecule has 1 atom stereocenters. The molecule has 1 unspecified atom stereocenters. The first-order valence-electron chi connectivity index (χ1n) is 9.94. The lowest BCUT2D eigenvalue weighted by molar-refractivity contribution is -0.113. The van der Waals surface area contributed by atoms with Crippen LogP contribution in [-0.2, 0) is 4.79 Å². The second-order valence-corrected chi connectivity index (χ2v) is 8.12. The van der Waals surface area contributed by atoms with Crippen LogP contribution in [0.5, 0.6) is 5.75 Å². The van der Waals surface area contributed by atoms with Gasteiger partial charge in [-0.25, -0.2) is 4.39 Å². The minimum atomic E-state index is -0.923. The lowest BCUT2D eigenvalue weighted by Gasteiger charge is -2.38. The van der Waals surface area contributed by atoms with Gasteiger partial charge in [-0.1, -0.05) is 22.8 Å². The number of benzene rings is 2. The molecule has 3 aromatic rings. The number of ether oxygens (including phenoxy) is 1. The maximum Gasteiger partial charge on any atom is 0.257 e. The van der Waals surface area contributed by atoms with Crippen molar-refractivity contribution in [3.8, 4) is 5.75 Å². The number of rotatable bonds is 5. The van der Waals surface area contributed by atoms with E-state index in [1.807, 2.05) is 12.1 Å². The van der Waals surface area contributed by atoms with E-state index in [0.717, 1.165) is 0 Å². The summed E-state index contributed by atoms with van der Waals surface area (Å²) in [6, 6.07) is 12.2. The molecule has 1 aliphatic rings. The summed E-state index contributed by atoms with van der Waals surface area (Å²) in [5.41, 5.74) is 1.56. The van der Waals surface area contributed by atoms with Gasteiger partial charge >= 0.3 is 0 Å². The largest absolute Gasteiger partial charge is 0.497 e. The molecule has 2 N–H and O–H groups in total. The number of nitrogens with zero attached hydrogens (tertiary/aromatic N) is 2. The van der Waals surface area contributed by atoms with Gasteiger partial charge in [-0.15, -0.1) is 0 Å². The van der Waals surface area contributed by atoms with Crippen LogP contribution in [0.15, 0.2) is 64.3 Å². The highest BCUT2D eigenvalue weighted by Gasteiger charge is 2.37. The van der Waals surface area contributed by atoms with Crippen molar-refractivity contribution in [3.63, 3.8) is 0 Å². The quantitative estimate of drug-likeness (QED) is 0.484. The number of carbonyl (C=O) groups is 1. The SMILES string of the molecule is COc1ccc(N2C(=S)NC(c3c(F)cccc3Cl)C(C(=O)Nc3cc(C)on3)=C2C)cc1. The van der Waals surface area contributed by atoms with Crippen molar-refractivity contribution < 1.29 is 18.4 Å². The van der Waals surface area contributed by atoms with Crippen LogP contribution in [0.3, 0.4) is 0 Å². The Labute approximate surface area is 200 Å². The number of hydrogen-bond donors (Lipinski definition) is 2. The summed E-state index contributed by atoms with van der Waals surface area (Å²) in [5, 5.41) is 10.1. The van der Waals surface area contributed by atoms with Crippen molar-refractivity contribution in [1.82, 2.24) is 10.5 Å². The summed E-state index contributed by atoms with van der Waals surface area (Å²) in [5.74, 6) is 0.384. The predicted octanol–water partition coefficient (Wildman–Crippen LogP) is 5.13. The van der Waals surface area contributed by atoms with Gasteiger partial charge in [0.15, 0.2) is 10.9 Å². The maximum atomic E-state index is 14.9. The van der Waals surface area contributed by atoms with E-state index >= 15 is 0 Å². The fourth-order valence-corrected chi connectivity index (χ4v) is 4.32. The van der Waals surface area contributed by atoms with Crippen LogP contribution in [0.4, 0.5) is 15.9 Å². The minimum absolute atomic E-state index is 0.122. The molecule has 0 bridgehead atoms. The van der Waals surface area contributed by atoms with Gasteiger partial charge in [-0.3, -0.25) is 9.69 Å². The average Bonchev–Trinajstić information content (AvgIpc) is 3.18. The smallest absolute Gasteiger partial charge is 0.257 e. The number of amides is 1. The zero-order valence-electron chi connectivity index (χ0n) is 18.0. The first-order valence-corrected chi connectivity index (χ1v) is 10.7. The summed E-state index contributed by atoms with van der Waals surface area (Å²) < 4.78 is 25.1. The number of thiocarbonyl (C=S) groups is 1. The molecule has 170 valence electrons. The normalized spacial score (nSPS) is 16.0. The molecule has 0 saturated heterocycles. The Morgan fingerprint density at radius 1 is 1.27 bits per heavy atom. The molecule has 33 heavy (non-hydrogen) atoms. The number of aryl methyl sites for hydroxylation is 1. The molecule has 2 aromatic carbocycles. The molecule has 1 aliphatic heterocycles. The zero-order chi connectivity index (χ0) is 23.7. The third-order valence-electron chi connectivity index (χ3n) is 5.22. The van der Waals surface area contributed by atoms with Gasteiger partial charge in [-0.05, 0) is 62.5 Å². The number of carbonyl (C=O) groups excluding carboxylic acids is 1. The first kappa shape index (κ1) is 22.8. The second kappa shape index (κ2) is 9.21. The molecule has 0 aliphatic carbocycles. The Hall–Kier alpha value is -3.43. The van der Waals surface area contributed by atoms with E-state index < -0.39 is 17.8 Å². The highest BCUT2D eigenvalue weighted by molar-refractivity contribution is 7.80. The van der Waals surface area contributed by atoms with E-state index in [4.69, 9.17) is 33.1 Å². The maximum absolute atomic E-state index is 14.9. The highest BCUT2D eigenvalue weighted by atomic mass is 35.5. The van der Waals surface area contributed by atoms with Crippen molar-refractivity contribution in [2.24, 2.45) is 0 Å². The van der Waals surface area contributed by atoms with Gasteiger partial charge in [-0.2, -0.15) is 0 Å². The van der Waals surface area contributed by atoms with Crippen molar-refractivity contribution in [3.05, 3.63) is 82.0 Å². The van der Waals surface area contributed by atoms with Gasteiger partial charge in [0.05, 0.1) is 18.7 Å². The van der Waals surface area contributed by atoms with Crippen LogP contribution in [-0.4, -0.2) is 23.3 Å². The summed E-state index contributed by atoms with van der Waals surface area (Å²) in [6.45, 7) is 3.45. The van der Waals surface area contributed by atoms with E-state index in [9.17, 15) is 9.18 Å². The number of anilines is 2. The number of halogens is 2. The van der Waals surface area contributed by atoms with Crippen molar-refractivity contribution in [1.29, 1.82) is 0 Å². The molecule has 10 heteroatoms. The van der Waals surface area contributed by atoms with Gasteiger partial charge in [0.2, 0.25) is 0 Å². The summed E-state index contributed by atoms with van der Waals surface area (Å²) in [7, 11) is 1.57. The molecule has 0 saturated carbocycles. The monoisotopic (exact) mass is 486 g/mol. The second-order valence-electron chi connectivity index (χ2n) is 7.33. The van der Waals surface area contributed by atoms with Crippen LogP contribution in [0.2, 0.25) is 5.02 Å². The number of nitrogens with one attached hydrogen (secondary N) is 2. The van der Waals surface area contributed by atoms with Crippen LogP contribution in [0, 0.1) is 12.7 Å². The molecule has 0 fully saturated rings. The standard InChI is InChI=1S/C23H20ClFN4O3S/c1-12-11-18(28-32-12)26-22(30)19-13(2)29(14-7-9-15(31-3)10-8-14)23(33)27-21(19)20-16(24)5-4-6-17(20)25/h4-11,21H,1-3H3,(H,27,33)(H,26,28,30). The highest BCUT2D eigenvalue weighted by Crippen LogP contribution is 2.38. The van der Waals surface area contributed by atoms with Crippen LogP contribution < -0.4 is 20.3 Å². The van der Waals surface area contributed by atoms with E-state index in [2.05, 4.69) is 15.8 Å². The lowest BCUT2D eigenvalue weighted by Crippen LogP contribution is -2.48. The van der Waals surface area contributed by atoms with E-state index in [-0.39, 0.29) is 27.1 Å². The Bertz CT molecular complexity index is 1240. The third-order valence-corrected chi connectivity index (χ3v) is 5.85. The molecule has 7 nitrogen and oxygen atoms in total. The predicted molar refractivity (Wildman–Crippen MR) is 128 cm³/mol. The topological polar surface area (TPSA) is 79.6 Å². The summed E-state index contributed by atoms with van der Waals surface area (Å²) in [6.07, 6.45) is 0. The number of aromatic nitrogens is 1. The van der Waals surface area contributed by atoms with E-state index in [1.165, 1.54) is 12.1 Å². The molecule has 2 heterocycles. The fraction of sp³-hybridized carbons (Fsp3) is 0.174. The van der Waals surface area contributed by atoms with Crippen molar-refractivity contribution >= 4 is 46.3 Å². The Morgan fingerprint density at radius 2 is 2.00 bits per heavy atom. The first-order chi connectivity index (χ1) is 15.8. The molecule has 4 rings (SSSR count). The van der Waals surface area contributed by atoms with Gasteiger partial charge in [0.25, 0.3) is 5.91 Å². The molecular formula is C23H20ClFN4O3S. The van der Waals surface area contributed by atoms with Gasteiger partial charge in [0, 0.05) is 28.0 Å². The summed E-state index contributed by atoms with van der Waals surface area (Å²) >= 11 is 12.0. The van der Waals surface area contributed by atoms with Gasteiger partial charge in [0.1, 0.15) is 17.3 Å². The molecule has 0 spiro atoms. The van der Waals surface area contributed by atoms with Crippen LogP contribution >= 0.6 is 23.8 Å². The molecular weight excluding hydrogens is 467 g/mol. The zero-order valence-corrected chi connectivity index (χ0v) is 19.6. The Morgan fingerprint density at radius 3 is 2.61 bits per heavy atom. The van der Waals surface area contributed by atoms with Crippen molar-refractivity contribution in [2.75, 3.05) is 17.3 Å². The van der Waals surface area contributed by atoms with E-state index in [1.54, 1.807) is 50.1 Å². The molecule has 1 amide bonds. The van der Waals surface area contributed by atoms with E-state index in [0.29, 0.717) is 22.9 Å². The average molecular weight is 487 g/mol. The molecule has 1 aromatic heterocycles. The minimum Gasteiger partial charge on any atom is -0.497 e. The molecule has 0 radical (unpaired) electrons. The lowest BCUT2D eigenvalue weighted by atomic mass is 9.93. The van der Waals surface area contributed by atoms with Crippen LogP contribution in [0.25, 0.3) is 0 Å². The number of methoxy groups -OCH3 is 1. The Kier molecular flexibility index (Phi) is 6.35. The van der Waals surface area contributed by atoms with Gasteiger partial charge < -0.3 is 19.9 Å². The van der Waals surface area contributed by atoms with Crippen LogP contribution in [0.1, 0.15) is 24.3 Å². The van der Waals surface area contributed by atoms with Crippen molar-refractivity contribution in [2.45, 2.75) is 19.9 Å². The Balaban J connectivity index is 1.84. The number of allylic oxidation sites excluding steroid dienone is 1.